The number of rotatable bonds is 12. The fourth-order valence-electron chi connectivity index (χ4n) is 6.15. The van der Waals surface area contributed by atoms with Gasteiger partial charge in [-0.25, -0.2) is 24.0 Å². The van der Waals surface area contributed by atoms with Gasteiger partial charge in [-0.3, -0.25) is 0 Å². The summed E-state index contributed by atoms with van der Waals surface area (Å²) in [6, 6.07) is 7.07. The van der Waals surface area contributed by atoms with Crippen LogP contribution in [0, 0.1) is 0 Å². The summed E-state index contributed by atoms with van der Waals surface area (Å²) in [5.74, 6) is -25.9. The smallest absolute Gasteiger partial charge is 0.344 e. The van der Waals surface area contributed by atoms with E-state index in [0.29, 0.717) is 48.5 Å². The van der Waals surface area contributed by atoms with Crippen molar-refractivity contribution in [1.82, 2.24) is 0 Å². The highest BCUT2D eigenvalue weighted by Crippen LogP contribution is 2.44. The maximum absolute atomic E-state index is 13.8. The lowest BCUT2D eigenvalue weighted by molar-refractivity contribution is -0.156. The topological polar surface area (TPSA) is 444 Å². The molecular formula is C41H32O26. The normalized spacial score (nSPS) is 16.9. The molecule has 0 amide bonds. The van der Waals surface area contributed by atoms with Gasteiger partial charge < -0.3 is 105 Å². The number of hydrogen-bond donors (Lipinski definition) is 15. The maximum Gasteiger partial charge on any atom is 0.344 e. The van der Waals surface area contributed by atoms with Crippen molar-refractivity contribution in [2.75, 3.05) is 6.61 Å². The van der Waals surface area contributed by atoms with E-state index in [0.717, 1.165) is 12.1 Å². The van der Waals surface area contributed by atoms with Gasteiger partial charge in [-0.2, -0.15) is 0 Å². The van der Waals surface area contributed by atoms with Gasteiger partial charge >= 0.3 is 29.8 Å². The first-order valence-electron chi connectivity index (χ1n) is 18.4. The Kier molecular flexibility index (Phi) is 12.8. The van der Waals surface area contributed by atoms with Crippen molar-refractivity contribution in [1.29, 1.82) is 0 Å². The van der Waals surface area contributed by atoms with E-state index >= 15 is 0 Å². The molecule has 0 radical (unpaired) electrons. The molecule has 352 valence electrons. The molecule has 5 aromatic carbocycles. The predicted octanol–water partition coefficient (Wildman–Crippen LogP) is 1.69. The van der Waals surface area contributed by atoms with Gasteiger partial charge in [0.05, 0.1) is 0 Å². The lowest BCUT2D eigenvalue weighted by Gasteiger charge is -2.28. The third kappa shape index (κ3) is 8.97. The number of benzene rings is 5. The molecule has 5 aromatic rings. The van der Waals surface area contributed by atoms with Gasteiger partial charge in [-0.1, -0.05) is 0 Å². The minimum atomic E-state index is -2.55. The van der Waals surface area contributed by atoms with Gasteiger partial charge in [0, 0.05) is 0 Å². The van der Waals surface area contributed by atoms with Crippen LogP contribution in [-0.4, -0.2) is 144 Å². The molecule has 67 heavy (non-hydrogen) atoms. The fourth-order valence-corrected chi connectivity index (χ4v) is 6.15. The number of hydrogen-bond acceptors (Lipinski definition) is 26. The molecule has 0 saturated carbocycles. The van der Waals surface area contributed by atoms with Crippen molar-refractivity contribution in [3.05, 3.63) is 88.5 Å². The van der Waals surface area contributed by atoms with Gasteiger partial charge in [-0.15, -0.1) is 0 Å². The zero-order valence-electron chi connectivity index (χ0n) is 33.1. The molecule has 5 atom stereocenters. The predicted molar refractivity (Wildman–Crippen MR) is 209 cm³/mol. The lowest BCUT2D eigenvalue weighted by atomic mass is 10.0. The van der Waals surface area contributed by atoms with E-state index in [1.54, 1.807) is 0 Å². The van der Waals surface area contributed by atoms with Gasteiger partial charge in [-0.05, 0) is 60.7 Å². The summed E-state index contributed by atoms with van der Waals surface area (Å²) < 4.78 is 32.8. The Bertz CT molecular complexity index is 2840. The molecule has 6 rings (SSSR count). The fraction of sp³-hybridized carbons (Fsp3) is 0.146. The number of phenolic OH excluding ortho intramolecular Hbond substituents is 15. The Hall–Kier alpha value is -9.59. The van der Waals surface area contributed by atoms with E-state index in [1.165, 1.54) is 0 Å². The molecule has 1 aliphatic heterocycles. The molecule has 0 aromatic heterocycles. The maximum atomic E-state index is 13.8. The van der Waals surface area contributed by atoms with Crippen LogP contribution < -0.4 is 0 Å². The van der Waals surface area contributed by atoms with Crippen LogP contribution in [0.4, 0.5) is 0 Å². The molecule has 0 spiro atoms. The number of carbonyl (C=O) groups excluding carboxylic acids is 5. The van der Waals surface area contributed by atoms with E-state index in [4.69, 9.17) is 28.4 Å². The molecular weight excluding hydrogens is 908 g/mol. The summed E-state index contributed by atoms with van der Waals surface area (Å²) in [5.41, 5.74) is -4.68. The second-order valence-corrected chi connectivity index (χ2v) is 13.8. The zero-order chi connectivity index (χ0) is 49.3. The summed E-state index contributed by atoms with van der Waals surface area (Å²) in [7, 11) is 0. The highest BCUT2D eigenvalue weighted by atomic mass is 16.8. The van der Waals surface area contributed by atoms with Crippen molar-refractivity contribution in [2.24, 2.45) is 0 Å². The van der Waals surface area contributed by atoms with E-state index in [9.17, 15) is 101 Å². The van der Waals surface area contributed by atoms with Crippen molar-refractivity contribution >= 4 is 29.8 Å². The highest BCUT2D eigenvalue weighted by molar-refractivity contribution is 5.97. The summed E-state index contributed by atoms with van der Waals surface area (Å²) >= 11 is 0. The number of esters is 5. The van der Waals surface area contributed by atoms with E-state index in [-0.39, 0.29) is 0 Å². The third-order valence-electron chi connectivity index (χ3n) is 9.67. The Morgan fingerprint density at radius 3 is 1.04 bits per heavy atom. The monoisotopic (exact) mass is 940 g/mol. The summed E-state index contributed by atoms with van der Waals surface area (Å²) in [6.07, 6.45) is -12.3. The molecule has 1 fully saturated rings. The van der Waals surface area contributed by atoms with Gasteiger partial charge in [0.2, 0.25) is 41.1 Å². The Balaban J connectivity index is 1.51. The molecule has 1 aliphatic rings. The average Bonchev–Trinajstić information content (AvgIpc) is 3.60. The highest BCUT2D eigenvalue weighted by Gasteiger charge is 2.56. The molecule has 0 aliphatic carbocycles. The average molecular weight is 941 g/mol. The first-order chi connectivity index (χ1) is 31.5. The van der Waals surface area contributed by atoms with Crippen LogP contribution in [0.1, 0.15) is 51.8 Å². The Morgan fingerprint density at radius 1 is 0.388 bits per heavy atom. The van der Waals surface area contributed by atoms with Gasteiger partial charge in [0.15, 0.2) is 69.7 Å². The lowest BCUT2D eigenvalue weighted by Crippen LogP contribution is -2.47. The van der Waals surface area contributed by atoms with Crippen LogP contribution in [0.5, 0.6) is 86.2 Å². The minimum absolute atomic E-state index is 0.687. The van der Waals surface area contributed by atoms with Crippen LogP contribution in [0.25, 0.3) is 0 Å². The van der Waals surface area contributed by atoms with E-state index < -0.39 is 181 Å². The van der Waals surface area contributed by atoms with Crippen LogP contribution in [-0.2, 0) is 28.4 Å². The standard InChI is InChI=1S/C41H32O26/c42-17-6-1-12(23(47)28(17)52)36(57)62-11-22(63-37(58)13-2-7-18(43)29(53)24(13)48)33-34(64-38(59)14-3-8-19(44)30(54)25(14)49)35(65-39(60)15-4-9-20(45)31(55)26(15)50)41(66-33)67-40(61)16-5-10-21(46)32(56)27(16)51/h1-10,22,33-35,41-56H,11H2/t22-,33-,34-,35+,41+/m0/s1. The molecule has 26 nitrogen and oxygen atoms in total. The molecule has 0 bridgehead atoms. The van der Waals surface area contributed by atoms with Crippen LogP contribution in [0.2, 0.25) is 0 Å². The van der Waals surface area contributed by atoms with Crippen molar-refractivity contribution in [3.63, 3.8) is 0 Å². The first kappa shape index (κ1) is 46.9. The molecule has 26 heteroatoms. The van der Waals surface area contributed by atoms with Crippen molar-refractivity contribution in [3.8, 4) is 86.2 Å². The number of aromatic hydroxyl groups is 15. The second kappa shape index (κ2) is 18.3. The summed E-state index contributed by atoms with van der Waals surface area (Å²) in [5, 5.41) is 152. The second-order valence-electron chi connectivity index (χ2n) is 13.8. The SMILES string of the molecule is O=C(OC[C@H](OC(=O)c1ccc(O)c(O)c1O)[C@@H]1O[C@H](OC(=O)c2ccc(O)c(O)c2O)[C@H](OC(=O)c2ccc(O)c(O)c2O)[C@H]1OC(=O)c1ccc(O)c(O)c1O)c1ccc(O)c(O)c1O. The first-order valence-corrected chi connectivity index (χ1v) is 18.4. The number of carbonyl (C=O) groups is 5. The van der Waals surface area contributed by atoms with Gasteiger partial charge in [0.25, 0.3) is 0 Å². The van der Waals surface area contributed by atoms with E-state index in [1.807, 2.05) is 0 Å². The number of phenols is 15. The van der Waals surface area contributed by atoms with Crippen LogP contribution in [0.3, 0.4) is 0 Å². The van der Waals surface area contributed by atoms with Crippen LogP contribution in [0.15, 0.2) is 60.7 Å². The minimum Gasteiger partial charge on any atom is -0.504 e. The quantitative estimate of drug-likeness (QED) is 0.0480. The molecule has 0 unspecified atom stereocenters. The van der Waals surface area contributed by atoms with E-state index in [2.05, 4.69) is 0 Å². The molecule has 1 saturated heterocycles. The largest absolute Gasteiger partial charge is 0.504 e. The van der Waals surface area contributed by atoms with Crippen molar-refractivity contribution < 1.29 is 129 Å². The molecule has 1 heterocycles. The number of ether oxygens (including phenoxy) is 6. The Morgan fingerprint density at radius 2 is 0.687 bits per heavy atom. The third-order valence-corrected chi connectivity index (χ3v) is 9.67. The zero-order valence-corrected chi connectivity index (χ0v) is 33.1. The van der Waals surface area contributed by atoms with Crippen molar-refractivity contribution in [2.45, 2.75) is 30.7 Å². The Labute approximate surface area is 370 Å². The molecule has 15 N–H and O–H groups in total. The van der Waals surface area contributed by atoms with Gasteiger partial charge in [0.1, 0.15) is 40.5 Å². The summed E-state index contributed by atoms with van der Waals surface area (Å²) in [6.45, 7) is -1.37. The summed E-state index contributed by atoms with van der Waals surface area (Å²) in [4.78, 5) is 68.2. The van der Waals surface area contributed by atoms with Crippen LogP contribution >= 0.6 is 0 Å².